The average Bonchev–Trinajstić information content (AvgIpc) is 2.44. The van der Waals surface area contributed by atoms with Gasteiger partial charge >= 0.3 is 0 Å². The average molecular weight is 269 g/mol. The third kappa shape index (κ3) is 5.49. The van der Waals surface area contributed by atoms with E-state index in [1.54, 1.807) is 0 Å². The first kappa shape index (κ1) is 16.4. The minimum Gasteiger partial charge on any atom is -0.341 e. The molecule has 4 heteroatoms. The number of amides is 1. The molecule has 1 amide bonds. The zero-order valence-electron chi connectivity index (χ0n) is 12.9. The predicted octanol–water partition coefficient (Wildman–Crippen LogP) is 1.69. The summed E-state index contributed by atoms with van der Waals surface area (Å²) in [4.78, 5) is 16.4. The summed E-state index contributed by atoms with van der Waals surface area (Å²) in [6.07, 6.45) is 5.52. The van der Waals surface area contributed by atoms with E-state index < -0.39 is 0 Å². The first-order valence-electron chi connectivity index (χ1n) is 7.81. The molecule has 19 heavy (non-hydrogen) atoms. The molecule has 0 aromatic rings. The van der Waals surface area contributed by atoms with E-state index in [1.807, 2.05) is 11.8 Å². The van der Waals surface area contributed by atoms with Crippen molar-refractivity contribution >= 4 is 5.91 Å². The van der Waals surface area contributed by atoms with E-state index in [2.05, 4.69) is 18.9 Å². The molecule has 0 aromatic carbocycles. The fraction of sp³-hybridized carbons (Fsp3) is 0.933. The first-order chi connectivity index (χ1) is 9.08. The first-order valence-corrected chi connectivity index (χ1v) is 7.81. The highest BCUT2D eigenvalue weighted by atomic mass is 16.2. The molecule has 1 aliphatic rings. The molecule has 1 rings (SSSR count). The SMILES string of the molecule is CCCCN(C)CC1CCN(C(=O)[C@@H](N)CC)CC1. The van der Waals surface area contributed by atoms with Crippen molar-refractivity contribution in [2.75, 3.05) is 33.2 Å². The zero-order valence-corrected chi connectivity index (χ0v) is 12.9. The number of carbonyl (C=O) groups excluding carboxylic acids is 1. The fourth-order valence-corrected chi connectivity index (χ4v) is 2.71. The van der Waals surface area contributed by atoms with Crippen LogP contribution in [-0.4, -0.2) is 55.0 Å². The molecule has 2 N–H and O–H groups in total. The zero-order chi connectivity index (χ0) is 14.3. The van der Waals surface area contributed by atoms with Gasteiger partial charge in [0.2, 0.25) is 5.91 Å². The summed E-state index contributed by atoms with van der Waals surface area (Å²) in [6, 6.07) is -0.302. The summed E-state index contributed by atoms with van der Waals surface area (Å²) in [5.41, 5.74) is 5.82. The predicted molar refractivity (Wildman–Crippen MR) is 80.0 cm³/mol. The molecule has 0 aliphatic carbocycles. The van der Waals surface area contributed by atoms with Crippen molar-refractivity contribution < 1.29 is 4.79 Å². The Balaban J connectivity index is 2.27. The number of piperidine rings is 1. The van der Waals surface area contributed by atoms with Crippen molar-refractivity contribution in [3.63, 3.8) is 0 Å². The number of likely N-dealkylation sites (tertiary alicyclic amines) is 1. The lowest BCUT2D eigenvalue weighted by Crippen LogP contribution is -2.47. The van der Waals surface area contributed by atoms with Crippen molar-refractivity contribution in [3.8, 4) is 0 Å². The number of hydrogen-bond acceptors (Lipinski definition) is 3. The third-order valence-electron chi connectivity index (χ3n) is 4.15. The van der Waals surface area contributed by atoms with Crippen LogP contribution >= 0.6 is 0 Å². The Hall–Kier alpha value is -0.610. The van der Waals surface area contributed by atoms with Crippen molar-refractivity contribution in [3.05, 3.63) is 0 Å². The molecule has 112 valence electrons. The Kier molecular flexibility index (Phi) is 7.39. The van der Waals surface area contributed by atoms with Gasteiger partial charge in [-0.3, -0.25) is 4.79 Å². The van der Waals surface area contributed by atoms with Gasteiger partial charge in [0.05, 0.1) is 6.04 Å². The Labute approximate surface area is 118 Å². The maximum atomic E-state index is 12.0. The Morgan fingerprint density at radius 1 is 1.37 bits per heavy atom. The summed E-state index contributed by atoms with van der Waals surface area (Å²) >= 11 is 0. The van der Waals surface area contributed by atoms with Gasteiger partial charge in [-0.1, -0.05) is 20.3 Å². The van der Waals surface area contributed by atoms with Gasteiger partial charge in [0.1, 0.15) is 0 Å². The Morgan fingerprint density at radius 3 is 2.53 bits per heavy atom. The van der Waals surface area contributed by atoms with Crippen LogP contribution in [0, 0.1) is 5.92 Å². The monoisotopic (exact) mass is 269 g/mol. The van der Waals surface area contributed by atoms with E-state index in [9.17, 15) is 4.79 Å². The molecule has 4 nitrogen and oxygen atoms in total. The molecule has 1 aliphatic heterocycles. The highest BCUT2D eigenvalue weighted by molar-refractivity contribution is 5.81. The van der Waals surface area contributed by atoms with E-state index >= 15 is 0 Å². The van der Waals surface area contributed by atoms with Crippen LogP contribution in [0.5, 0.6) is 0 Å². The maximum absolute atomic E-state index is 12.0. The molecule has 0 spiro atoms. The van der Waals surface area contributed by atoms with Crippen LogP contribution in [0.4, 0.5) is 0 Å². The lowest BCUT2D eigenvalue weighted by atomic mass is 9.95. The minimum absolute atomic E-state index is 0.139. The normalized spacial score (nSPS) is 18.9. The number of hydrogen-bond donors (Lipinski definition) is 1. The largest absolute Gasteiger partial charge is 0.341 e. The van der Waals surface area contributed by atoms with Crippen LogP contribution in [0.3, 0.4) is 0 Å². The summed E-state index contributed by atoms with van der Waals surface area (Å²) in [6.45, 7) is 8.34. The van der Waals surface area contributed by atoms with Crippen LogP contribution in [0.25, 0.3) is 0 Å². The quantitative estimate of drug-likeness (QED) is 0.765. The number of nitrogens with two attached hydrogens (primary N) is 1. The van der Waals surface area contributed by atoms with E-state index in [0.717, 1.165) is 38.3 Å². The molecule has 1 atom stereocenters. The molecule has 0 radical (unpaired) electrons. The summed E-state index contributed by atoms with van der Waals surface area (Å²) in [5.74, 6) is 0.879. The van der Waals surface area contributed by atoms with Gasteiger partial charge < -0.3 is 15.5 Å². The Morgan fingerprint density at radius 2 is 2.00 bits per heavy atom. The van der Waals surface area contributed by atoms with Gasteiger partial charge in [-0.2, -0.15) is 0 Å². The lowest BCUT2D eigenvalue weighted by molar-refractivity contribution is -0.134. The maximum Gasteiger partial charge on any atom is 0.239 e. The summed E-state index contributed by atoms with van der Waals surface area (Å²) < 4.78 is 0. The molecular formula is C15H31N3O. The Bertz CT molecular complexity index is 262. The highest BCUT2D eigenvalue weighted by Gasteiger charge is 2.25. The molecule has 0 saturated carbocycles. The van der Waals surface area contributed by atoms with E-state index in [4.69, 9.17) is 5.73 Å². The summed E-state index contributed by atoms with van der Waals surface area (Å²) in [7, 11) is 2.21. The topological polar surface area (TPSA) is 49.6 Å². The van der Waals surface area contributed by atoms with Gasteiger partial charge in [0.15, 0.2) is 0 Å². The molecule has 1 fully saturated rings. The van der Waals surface area contributed by atoms with Crippen molar-refractivity contribution in [2.24, 2.45) is 11.7 Å². The lowest BCUT2D eigenvalue weighted by Gasteiger charge is -2.35. The van der Waals surface area contributed by atoms with Crippen LogP contribution in [-0.2, 0) is 4.79 Å². The van der Waals surface area contributed by atoms with Gasteiger partial charge in [-0.25, -0.2) is 0 Å². The van der Waals surface area contributed by atoms with E-state index in [0.29, 0.717) is 0 Å². The number of unbranched alkanes of at least 4 members (excludes halogenated alkanes) is 1. The van der Waals surface area contributed by atoms with Crippen LogP contribution < -0.4 is 5.73 Å². The number of carbonyl (C=O) groups is 1. The van der Waals surface area contributed by atoms with Crippen LogP contribution in [0.15, 0.2) is 0 Å². The standard InChI is InChI=1S/C15H31N3O/c1-4-6-9-17(3)12-13-7-10-18(11-8-13)15(19)14(16)5-2/h13-14H,4-12,16H2,1-3H3/t14-/m0/s1. The molecular weight excluding hydrogens is 238 g/mol. The van der Waals surface area contributed by atoms with Gasteiger partial charge in [0.25, 0.3) is 0 Å². The van der Waals surface area contributed by atoms with Crippen molar-refractivity contribution in [1.82, 2.24) is 9.80 Å². The van der Waals surface area contributed by atoms with Gasteiger partial charge in [-0.15, -0.1) is 0 Å². The number of rotatable bonds is 7. The third-order valence-corrected chi connectivity index (χ3v) is 4.15. The van der Waals surface area contributed by atoms with Crippen LogP contribution in [0.1, 0.15) is 46.0 Å². The fourth-order valence-electron chi connectivity index (χ4n) is 2.71. The molecule has 0 aromatic heterocycles. The summed E-state index contributed by atoms with van der Waals surface area (Å²) in [5, 5.41) is 0. The van der Waals surface area contributed by atoms with Gasteiger partial charge in [0, 0.05) is 19.6 Å². The second-order valence-corrected chi connectivity index (χ2v) is 5.90. The molecule has 1 heterocycles. The van der Waals surface area contributed by atoms with Crippen LogP contribution in [0.2, 0.25) is 0 Å². The second kappa shape index (κ2) is 8.54. The second-order valence-electron chi connectivity index (χ2n) is 5.90. The number of nitrogens with zero attached hydrogens (tertiary/aromatic N) is 2. The molecule has 0 unspecified atom stereocenters. The van der Waals surface area contributed by atoms with E-state index in [1.165, 1.54) is 25.9 Å². The molecule has 0 bridgehead atoms. The highest BCUT2D eigenvalue weighted by Crippen LogP contribution is 2.19. The van der Waals surface area contributed by atoms with Crippen molar-refractivity contribution in [2.45, 2.75) is 52.0 Å². The minimum atomic E-state index is -0.302. The smallest absolute Gasteiger partial charge is 0.239 e. The van der Waals surface area contributed by atoms with E-state index in [-0.39, 0.29) is 11.9 Å². The molecule has 1 saturated heterocycles. The van der Waals surface area contributed by atoms with Crippen molar-refractivity contribution in [1.29, 1.82) is 0 Å². The van der Waals surface area contributed by atoms with Gasteiger partial charge in [-0.05, 0) is 45.2 Å².